The van der Waals surface area contributed by atoms with Crippen molar-refractivity contribution in [1.82, 2.24) is 9.80 Å². The normalized spacial score (nSPS) is 21.2. The first-order valence-electron chi connectivity index (χ1n) is 12.6. The van der Waals surface area contributed by atoms with Gasteiger partial charge in [0.25, 0.3) is 0 Å². The van der Waals surface area contributed by atoms with Crippen molar-refractivity contribution in [1.29, 1.82) is 0 Å². The van der Waals surface area contributed by atoms with Crippen LogP contribution in [-0.2, 0) is 15.1 Å². The maximum absolute atomic E-state index is 13.7. The van der Waals surface area contributed by atoms with E-state index in [4.69, 9.17) is 21.1 Å². The molecule has 0 aliphatic carbocycles. The van der Waals surface area contributed by atoms with Gasteiger partial charge in [-0.2, -0.15) is 0 Å². The number of carbonyl (C=O) groups is 2. The van der Waals surface area contributed by atoms with Gasteiger partial charge in [-0.15, -0.1) is 0 Å². The first kappa shape index (κ1) is 25.7. The van der Waals surface area contributed by atoms with E-state index >= 15 is 0 Å². The molecule has 1 unspecified atom stereocenters. The molecule has 3 aliphatic heterocycles. The molecule has 3 aliphatic rings. The van der Waals surface area contributed by atoms with Crippen molar-refractivity contribution in [3.05, 3.63) is 64.2 Å². The van der Waals surface area contributed by atoms with E-state index in [-0.39, 0.29) is 12.7 Å². The number of unbranched alkanes of at least 4 members (excludes halogenated alkanes) is 2. The fourth-order valence-corrected chi connectivity index (χ4v) is 5.72. The number of carbonyl (C=O) groups excluding carboxylic acids is 2. The Balaban J connectivity index is 1.10. The molecule has 2 aromatic rings. The number of hydrogen-bond acceptors (Lipinski definition) is 5. The van der Waals surface area contributed by atoms with Crippen molar-refractivity contribution in [3.63, 3.8) is 0 Å². The van der Waals surface area contributed by atoms with Crippen LogP contribution >= 0.6 is 11.6 Å². The lowest BCUT2D eigenvalue weighted by Crippen LogP contribution is -2.50. The topological polar surface area (TPSA) is 62.3 Å². The number of amides is 2. The van der Waals surface area contributed by atoms with Gasteiger partial charge in [0.2, 0.25) is 0 Å². The molecular weight excluding hydrogens is 504 g/mol. The van der Waals surface area contributed by atoms with E-state index in [0.717, 1.165) is 62.3 Å². The summed E-state index contributed by atoms with van der Waals surface area (Å²) in [5, 5.41) is 0.626. The Morgan fingerprint density at radius 3 is 2.49 bits per heavy atom. The smallest absolute Gasteiger partial charge is 0.414 e. The number of cyclic esters (lactones) is 1. The molecule has 7 nitrogen and oxygen atoms in total. The van der Waals surface area contributed by atoms with Gasteiger partial charge in [-0.3, -0.25) is 9.80 Å². The zero-order chi connectivity index (χ0) is 26.2. The van der Waals surface area contributed by atoms with Gasteiger partial charge in [-0.25, -0.2) is 18.4 Å². The molecular formula is C27H30ClF2N3O4. The van der Waals surface area contributed by atoms with Gasteiger partial charge >= 0.3 is 12.2 Å². The van der Waals surface area contributed by atoms with Crippen LogP contribution in [0.25, 0.3) is 0 Å². The minimum atomic E-state index is -0.929. The summed E-state index contributed by atoms with van der Waals surface area (Å²) in [6.45, 7) is 3.14. The number of likely N-dealkylation sites (tertiary alicyclic amines) is 1. The molecule has 1 atom stereocenters. The summed E-state index contributed by atoms with van der Waals surface area (Å²) in [4.78, 5) is 30.2. The second kappa shape index (κ2) is 10.5. The molecule has 0 aromatic heterocycles. The Labute approximate surface area is 219 Å². The Bertz CT molecular complexity index is 1190. The van der Waals surface area contributed by atoms with Gasteiger partial charge in [-0.1, -0.05) is 24.1 Å². The maximum Gasteiger partial charge on any atom is 0.414 e. The number of hydrogen-bond donors (Lipinski definition) is 0. The van der Waals surface area contributed by atoms with Gasteiger partial charge in [0, 0.05) is 50.1 Å². The zero-order valence-electron chi connectivity index (χ0n) is 20.7. The number of ether oxygens (including phenoxy) is 2. The zero-order valence-corrected chi connectivity index (χ0v) is 21.5. The van der Waals surface area contributed by atoms with Crippen molar-refractivity contribution in [2.45, 2.75) is 43.7 Å². The fourth-order valence-electron chi connectivity index (χ4n) is 5.55. The van der Waals surface area contributed by atoms with E-state index in [9.17, 15) is 18.4 Å². The first-order chi connectivity index (χ1) is 17.8. The molecule has 5 rings (SSSR count). The third-order valence-corrected chi connectivity index (χ3v) is 7.94. The van der Waals surface area contributed by atoms with Crippen LogP contribution in [0, 0.1) is 11.6 Å². The Morgan fingerprint density at radius 2 is 1.73 bits per heavy atom. The summed E-state index contributed by atoms with van der Waals surface area (Å²) in [6.07, 6.45) is 3.29. The largest absolute Gasteiger partial charge is 0.447 e. The van der Waals surface area contributed by atoms with Gasteiger partial charge in [-0.05, 0) is 55.3 Å². The van der Waals surface area contributed by atoms with E-state index < -0.39 is 29.4 Å². The summed E-state index contributed by atoms with van der Waals surface area (Å²) in [7, 11) is 1.71. The Morgan fingerprint density at radius 1 is 0.973 bits per heavy atom. The number of halogens is 3. The molecule has 0 saturated carbocycles. The van der Waals surface area contributed by atoms with E-state index in [1.165, 1.54) is 11.0 Å². The number of piperidine rings is 1. The maximum atomic E-state index is 13.7. The third-order valence-electron chi connectivity index (χ3n) is 7.71. The summed E-state index contributed by atoms with van der Waals surface area (Å²) in [5.41, 5.74) is 1.70. The molecule has 2 aromatic carbocycles. The van der Waals surface area contributed by atoms with E-state index in [0.29, 0.717) is 30.0 Å². The highest BCUT2D eigenvalue weighted by Crippen LogP contribution is 2.46. The van der Waals surface area contributed by atoms with Crippen molar-refractivity contribution < 1.29 is 27.8 Å². The monoisotopic (exact) mass is 533 g/mol. The quantitative estimate of drug-likeness (QED) is 0.417. The van der Waals surface area contributed by atoms with E-state index in [1.54, 1.807) is 18.0 Å². The van der Waals surface area contributed by atoms with Crippen LogP contribution in [0.2, 0.25) is 5.02 Å². The summed E-state index contributed by atoms with van der Waals surface area (Å²) < 4.78 is 38.1. The predicted octanol–water partition coefficient (Wildman–Crippen LogP) is 5.86. The van der Waals surface area contributed by atoms with E-state index in [1.807, 2.05) is 12.1 Å². The molecule has 0 radical (unpaired) electrons. The molecule has 3 heterocycles. The van der Waals surface area contributed by atoms with Crippen LogP contribution < -0.4 is 4.90 Å². The Kier molecular flexibility index (Phi) is 7.27. The summed E-state index contributed by atoms with van der Waals surface area (Å²) >= 11 is 6.27. The highest BCUT2D eigenvalue weighted by molar-refractivity contribution is 6.30. The SMILES string of the molecule is CN1C(=O)OC2(CCN(CCCCCN3C(=O)OCC3c3ccc(F)c(F)c3)CC2)c2cc(Cl)ccc21. The van der Waals surface area contributed by atoms with Crippen molar-refractivity contribution in [2.75, 3.05) is 44.7 Å². The summed E-state index contributed by atoms with van der Waals surface area (Å²) in [5.74, 6) is -1.84. The average molecular weight is 534 g/mol. The first-order valence-corrected chi connectivity index (χ1v) is 13.0. The average Bonchev–Trinajstić information content (AvgIpc) is 3.25. The van der Waals surface area contributed by atoms with Crippen LogP contribution in [0.15, 0.2) is 36.4 Å². The van der Waals surface area contributed by atoms with Crippen molar-refractivity contribution in [3.8, 4) is 0 Å². The molecule has 198 valence electrons. The van der Waals surface area contributed by atoms with Crippen LogP contribution in [0.5, 0.6) is 0 Å². The molecule has 10 heteroatoms. The van der Waals surface area contributed by atoms with Crippen molar-refractivity contribution in [2.24, 2.45) is 0 Å². The minimum Gasteiger partial charge on any atom is -0.447 e. The molecule has 2 fully saturated rings. The third kappa shape index (κ3) is 5.11. The van der Waals surface area contributed by atoms with Crippen LogP contribution in [0.1, 0.15) is 49.3 Å². The highest BCUT2D eigenvalue weighted by atomic mass is 35.5. The van der Waals surface area contributed by atoms with E-state index in [2.05, 4.69) is 4.90 Å². The van der Waals surface area contributed by atoms with Crippen LogP contribution in [0.3, 0.4) is 0 Å². The highest BCUT2D eigenvalue weighted by Gasteiger charge is 2.46. The summed E-state index contributed by atoms with van der Waals surface area (Å²) in [6, 6.07) is 8.87. The number of benzene rings is 2. The lowest BCUT2D eigenvalue weighted by atomic mass is 9.82. The molecule has 2 amide bonds. The number of anilines is 1. The lowest BCUT2D eigenvalue weighted by Gasteiger charge is -2.46. The predicted molar refractivity (Wildman–Crippen MR) is 135 cm³/mol. The molecule has 0 bridgehead atoms. The molecule has 0 N–H and O–H groups in total. The second-order valence-electron chi connectivity index (χ2n) is 9.94. The molecule has 1 spiro atoms. The fraction of sp³-hybridized carbons (Fsp3) is 0.481. The Hall–Kier alpha value is -2.91. The van der Waals surface area contributed by atoms with Gasteiger partial charge in [0.05, 0.1) is 11.7 Å². The van der Waals surface area contributed by atoms with Gasteiger partial charge in [0.15, 0.2) is 11.6 Å². The molecule has 37 heavy (non-hydrogen) atoms. The second-order valence-corrected chi connectivity index (χ2v) is 10.4. The lowest BCUT2D eigenvalue weighted by molar-refractivity contribution is -0.0415. The van der Waals surface area contributed by atoms with Crippen molar-refractivity contribution >= 4 is 29.5 Å². The van der Waals surface area contributed by atoms with Gasteiger partial charge < -0.3 is 14.4 Å². The molecule has 2 saturated heterocycles. The number of fused-ring (bicyclic) bond motifs is 2. The standard InChI is InChI=1S/C27H30ClF2N3O4/c1-31-23-8-6-19(28)16-20(23)27(37-25(31)34)9-13-32(14-10-27)11-3-2-4-12-33-24(17-36-26(33)35)18-5-7-21(29)22(30)15-18/h5-8,15-16,24H,2-4,9-14,17H2,1H3. The number of nitrogens with zero attached hydrogens (tertiary/aromatic N) is 3. The minimum absolute atomic E-state index is 0.133. The van der Waals surface area contributed by atoms with Gasteiger partial charge in [0.1, 0.15) is 12.2 Å². The number of rotatable bonds is 7. The van der Waals surface area contributed by atoms with Crippen LogP contribution in [-0.4, -0.2) is 61.8 Å². The van der Waals surface area contributed by atoms with Crippen LogP contribution in [0.4, 0.5) is 24.1 Å².